The van der Waals surface area contributed by atoms with Crippen molar-refractivity contribution in [2.24, 2.45) is 0 Å². The normalized spacial score (nSPS) is 15.3. The van der Waals surface area contributed by atoms with Crippen molar-refractivity contribution in [3.63, 3.8) is 0 Å². The number of alkyl halides is 3. The molecule has 2 heterocycles. The molecule has 1 fully saturated rings. The zero-order chi connectivity index (χ0) is 20.7. The average molecular weight is 406 g/mol. The third-order valence-corrected chi connectivity index (χ3v) is 4.94. The summed E-state index contributed by atoms with van der Waals surface area (Å²) in [7, 11) is 0. The highest BCUT2D eigenvalue weighted by molar-refractivity contribution is 5.94. The molecule has 29 heavy (non-hydrogen) atoms. The number of hydrogen-bond acceptors (Lipinski definition) is 4. The van der Waals surface area contributed by atoms with Gasteiger partial charge in [-0.3, -0.25) is 9.69 Å². The van der Waals surface area contributed by atoms with Gasteiger partial charge in [0.2, 0.25) is 0 Å². The van der Waals surface area contributed by atoms with Crippen LogP contribution in [0.4, 0.5) is 19.0 Å². The van der Waals surface area contributed by atoms with Crippen LogP contribution in [0, 0.1) is 0 Å². The van der Waals surface area contributed by atoms with E-state index in [1.165, 1.54) is 6.07 Å². The van der Waals surface area contributed by atoms with Gasteiger partial charge in [0.25, 0.3) is 5.91 Å². The van der Waals surface area contributed by atoms with Gasteiger partial charge in [0, 0.05) is 38.3 Å². The highest BCUT2D eigenvalue weighted by atomic mass is 19.4. The average Bonchev–Trinajstić information content (AvgIpc) is 2.74. The minimum absolute atomic E-state index is 0.0622. The maximum Gasteiger partial charge on any atom is 0.433 e. The summed E-state index contributed by atoms with van der Waals surface area (Å²) in [5.74, 6) is 0.316. The molecule has 0 spiro atoms. The van der Waals surface area contributed by atoms with Gasteiger partial charge in [-0.25, -0.2) is 4.98 Å². The van der Waals surface area contributed by atoms with Crippen molar-refractivity contribution in [2.75, 3.05) is 44.2 Å². The first-order chi connectivity index (χ1) is 13.9. The molecule has 8 heteroatoms. The molecule has 1 aliphatic heterocycles. The SMILES string of the molecule is O=C(NCCCCN1CCN(c2cccc(C(F)(F)F)n2)CC1)c1ccccc1. The van der Waals surface area contributed by atoms with Crippen molar-refractivity contribution >= 4 is 11.7 Å². The van der Waals surface area contributed by atoms with E-state index in [0.29, 0.717) is 31.0 Å². The van der Waals surface area contributed by atoms with Crippen LogP contribution in [0.5, 0.6) is 0 Å². The first-order valence-electron chi connectivity index (χ1n) is 9.78. The summed E-state index contributed by atoms with van der Waals surface area (Å²) in [5, 5.41) is 2.92. The quantitative estimate of drug-likeness (QED) is 0.716. The molecule has 1 saturated heterocycles. The molecule has 5 nitrogen and oxygen atoms in total. The highest BCUT2D eigenvalue weighted by Gasteiger charge is 2.33. The summed E-state index contributed by atoms with van der Waals surface area (Å²) in [6.07, 6.45) is -2.58. The summed E-state index contributed by atoms with van der Waals surface area (Å²) in [6, 6.07) is 13.1. The number of pyridine rings is 1. The fourth-order valence-corrected chi connectivity index (χ4v) is 3.31. The Bertz CT molecular complexity index is 790. The van der Waals surface area contributed by atoms with Crippen LogP contribution in [0.2, 0.25) is 0 Å². The molecular weight excluding hydrogens is 381 g/mol. The van der Waals surface area contributed by atoms with E-state index in [0.717, 1.165) is 38.5 Å². The number of unbranched alkanes of at least 4 members (excludes halogenated alkanes) is 1. The van der Waals surface area contributed by atoms with E-state index in [2.05, 4.69) is 15.2 Å². The largest absolute Gasteiger partial charge is 0.433 e. The number of carbonyl (C=O) groups excluding carboxylic acids is 1. The number of anilines is 1. The van der Waals surface area contributed by atoms with Crippen LogP contribution in [-0.2, 0) is 6.18 Å². The first kappa shape index (κ1) is 21.1. The number of hydrogen-bond donors (Lipinski definition) is 1. The van der Waals surface area contributed by atoms with Gasteiger partial charge < -0.3 is 10.2 Å². The van der Waals surface area contributed by atoms with Crippen molar-refractivity contribution in [3.8, 4) is 0 Å². The highest BCUT2D eigenvalue weighted by Crippen LogP contribution is 2.29. The standard InChI is InChI=1S/C21H25F3N4O/c22-21(23,24)18-9-6-10-19(26-18)28-15-13-27(14-16-28)12-5-4-11-25-20(29)17-7-2-1-3-8-17/h1-3,6-10H,4-5,11-16H2,(H,25,29). The van der Waals surface area contributed by atoms with E-state index in [1.54, 1.807) is 18.2 Å². The Kier molecular flexibility index (Phi) is 7.09. The van der Waals surface area contributed by atoms with Gasteiger partial charge in [-0.2, -0.15) is 13.2 Å². The Balaban J connectivity index is 1.35. The van der Waals surface area contributed by atoms with E-state index in [1.807, 2.05) is 23.1 Å². The van der Waals surface area contributed by atoms with Gasteiger partial charge >= 0.3 is 6.18 Å². The molecule has 156 valence electrons. The topological polar surface area (TPSA) is 48.5 Å². The molecule has 1 aromatic carbocycles. The van der Waals surface area contributed by atoms with Crippen molar-refractivity contribution in [2.45, 2.75) is 19.0 Å². The minimum atomic E-state index is -4.42. The van der Waals surface area contributed by atoms with Crippen LogP contribution >= 0.6 is 0 Å². The van der Waals surface area contributed by atoms with E-state index >= 15 is 0 Å². The second kappa shape index (κ2) is 9.73. The fourth-order valence-electron chi connectivity index (χ4n) is 3.31. The number of carbonyl (C=O) groups is 1. The zero-order valence-corrected chi connectivity index (χ0v) is 16.2. The van der Waals surface area contributed by atoms with Crippen molar-refractivity contribution < 1.29 is 18.0 Å². The molecule has 1 amide bonds. The van der Waals surface area contributed by atoms with Gasteiger partial charge in [0.15, 0.2) is 0 Å². The van der Waals surface area contributed by atoms with Crippen LogP contribution in [0.3, 0.4) is 0 Å². The molecule has 0 unspecified atom stereocenters. The number of nitrogens with zero attached hydrogens (tertiary/aromatic N) is 3. The smallest absolute Gasteiger partial charge is 0.354 e. The van der Waals surface area contributed by atoms with Crippen LogP contribution in [-0.4, -0.2) is 55.1 Å². The minimum Gasteiger partial charge on any atom is -0.354 e. The lowest BCUT2D eigenvalue weighted by Gasteiger charge is -2.35. The summed E-state index contributed by atoms with van der Waals surface area (Å²) in [5.41, 5.74) is -0.193. The molecule has 1 N–H and O–H groups in total. The van der Waals surface area contributed by atoms with Crippen molar-refractivity contribution in [1.82, 2.24) is 15.2 Å². The molecule has 2 aromatic rings. The van der Waals surface area contributed by atoms with Crippen LogP contribution in [0.15, 0.2) is 48.5 Å². The van der Waals surface area contributed by atoms with Gasteiger partial charge in [-0.1, -0.05) is 24.3 Å². The molecule has 0 atom stereocenters. The van der Waals surface area contributed by atoms with Gasteiger partial charge in [0.1, 0.15) is 11.5 Å². The lowest BCUT2D eigenvalue weighted by molar-refractivity contribution is -0.141. The Morgan fingerprint density at radius 2 is 1.69 bits per heavy atom. The van der Waals surface area contributed by atoms with Crippen molar-refractivity contribution in [1.29, 1.82) is 0 Å². The number of piperazine rings is 1. The Labute approximate surface area is 168 Å². The Morgan fingerprint density at radius 3 is 2.38 bits per heavy atom. The monoisotopic (exact) mass is 406 g/mol. The van der Waals surface area contributed by atoms with Crippen LogP contribution in [0.25, 0.3) is 0 Å². The molecular formula is C21H25F3N4O. The molecule has 1 aliphatic rings. The van der Waals surface area contributed by atoms with Crippen LogP contribution < -0.4 is 10.2 Å². The van der Waals surface area contributed by atoms with Crippen LogP contribution in [0.1, 0.15) is 28.9 Å². The Morgan fingerprint density at radius 1 is 0.966 bits per heavy atom. The summed E-state index contributed by atoms with van der Waals surface area (Å²) >= 11 is 0. The second-order valence-corrected chi connectivity index (χ2v) is 7.04. The summed E-state index contributed by atoms with van der Waals surface area (Å²) < 4.78 is 38.5. The van der Waals surface area contributed by atoms with Gasteiger partial charge in [-0.05, 0) is 43.7 Å². The first-order valence-corrected chi connectivity index (χ1v) is 9.78. The third kappa shape index (κ3) is 6.19. The molecule has 3 rings (SSSR count). The Hall–Kier alpha value is -2.61. The van der Waals surface area contributed by atoms with E-state index in [4.69, 9.17) is 0 Å². The maximum atomic E-state index is 12.8. The number of amides is 1. The van der Waals surface area contributed by atoms with Gasteiger partial charge in [0.05, 0.1) is 0 Å². The number of aromatic nitrogens is 1. The molecule has 0 bridgehead atoms. The number of halogens is 3. The van der Waals surface area contributed by atoms with Crippen molar-refractivity contribution in [3.05, 3.63) is 59.8 Å². The third-order valence-electron chi connectivity index (χ3n) is 4.94. The number of nitrogens with one attached hydrogen (secondary N) is 1. The van der Waals surface area contributed by atoms with E-state index in [9.17, 15) is 18.0 Å². The maximum absolute atomic E-state index is 12.8. The predicted molar refractivity (Wildman–Crippen MR) is 106 cm³/mol. The fraction of sp³-hybridized carbons (Fsp3) is 0.429. The lowest BCUT2D eigenvalue weighted by Crippen LogP contribution is -2.47. The lowest BCUT2D eigenvalue weighted by atomic mass is 10.2. The van der Waals surface area contributed by atoms with E-state index in [-0.39, 0.29) is 5.91 Å². The summed E-state index contributed by atoms with van der Waals surface area (Å²) in [6.45, 7) is 4.41. The second-order valence-electron chi connectivity index (χ2n) is 7.04. The molecule has 0 radical (unpaired) electrons. The summed E-state index contributed by atoms with van der Waals surface area (Å²) in [4.78, 5) is 19.9. The zero-order valence-electron chi connectivity index (χ0n) is 16.2. The number of rotatable bonds is 7. The molecule has 0 saturated carbocycles. The van der Waals surface area contributed by atoms with Gasteiger partial charge in [-0.15, -0.1) is 0 Å². The number of benzene rings is 1. The molecule has 1 aromatic heterocycles. The predicted octanol–water partition coefficient (Wildman–Crippen LogP) is 3.43. The molecule has 0 aliphatic carbocycles. The van der Waals surface area contributed by atoms with E-state index < -0.39 is 11.9 Å².